The topological polar surface area (TPSA) is 167 Å². The predicted molar refractivity (Wildman–Crippen MR) is 108 cm³/mol. The molecule has 0 heterocycles. The average Bonchev–Trinajstić information content (AvgIpc) is 2.63. The number of halogens is 2. The Morgan fingerprint density at radius 2 is 0.889 bits per heavy atom. The van der Waals surface area contributed by atoms with Crippen LogP contribution in [-0.2, 0) is 9.59 Å². The lowest BCUT2D eigenvalue weighted by Crippen LogP contribution is -2.25. The van der Waals surface area contributed by atoms with Crippen molar-refractivity contribution >= 4 is 36.8 Å². The third kappa shape index (κ3) is 14.1. The van der Waals surface area contributed by atoms with Crippen LogP contribution in [-0.4, -0.2) is 52.2 Å². The zero-order chi connectivity index (χ0) is 19.2. The molecule has 8 nitrogen and oxygen atoms in total. The summed E-state index contributed by atoms with van der Waals surface area (Å²) in [5.74, 6) is -0.326. The lowest BCUT2D eigenvalue weighted by atomic mass is 9.82. The number of aliphatic carboxylic acids is 2. The SMILES string of the molecule is Cl.Cl.NC[C@H]1CC[C@H](C(=O)O)CC1.NC[C@H]1CC[C@H](C(=O)O)CC1.OCO. The highest BCUT2D eigenvalue weighted by atomic mass is 35.5. The largest absolute Gasteiger partial charge is 0.481 e. The van der Waals surface area contributed by atoms with Crippen LogP contribution in [0.15, 0.2) is 0 Å². The fraction of sp³-hybridized carbons (Fsp3) is 0.882. The number of carboxylic acids is 2. The molecule has 8 N–H and O–H groups in total. The molecule has 2 aliphatic rings. The Labute approximate surface area is 173 Å². The number of carboxylic acid groups (broad SMARTS) is 2. The average molecular weight is 435 g/mol. The van der Waals surface area contributed by atoms with E-state index in [0.29, 0.717) is 24.9 Å². The molecule has 10 heteroatoms. The van der Waals surface area contributed by atoms with Crippen LogP contribution in [0.25, 0.3) is 0 Å². The molecule has 0 aromatic heterocycles. The lowest BCUT2D eigenvalue weighted by molar-refractivity contribution is -0.144. The second-order valence-electron chi connectivity index (χ2n) is 6.72. The minimum Gasteiger partial charge on any atom is -0.481 e. The number of rotatable bonds is 4. The Morgan fingerprint density at radius 1 is 0.667 bits per heavy atom. The van der Waals surface area contributed by atoms with E-state index in [1.807, 2.05) is 0 Å². The fourth-order valence-corrected chi connectivity index (χ4v) is 3.29. The molecule has 0 saturated heterocycles. The number of nitrogens with two attached hydrogens (primary N) is 2. The molecule has 0 aromatic carbocycles. The van der Waals surface area contributed by atoms with Gasteiger partial charge in [-0.2, -0.15) is 0 Å². The molecule has 0 amide bonds. The summed E-state index contributed by atoms with van der Waals surface area (Å²) in [5.41, 5.74) is 11.0. The van der Waals surface area contributed by atoms with E-state index in [1.54, 1.807) is 0 Å². The summed E-state index contributed by atoms with van der Waals surface area (Å²) in [6.45, 7) is 0.679. The standard InChI is InChI=1S/2C8H15NO2.CH4O2.2ClH/c2*9-5-6-1-3-7(4-2-6)8(10)11;2-1-3;;/h2*6-7H,1-5,9H2,(H,10,11);2-3H,1H2;2*1H/t2*6-,7-;;;. The smallest absolute Gasteiger partial charge is 0.306 e. The van der Waals surface area contributed by atoms with Crippen molar-refractivity contribution in [3.63, 3.8) is 0 Å². The number of aliphatic hydroxyl groups is 2. The van der Waals surface area contributed by atoms with Crippen molar-refractivity contribution in [1.82, 2.24) is 0 Å². The van der Waals surface area contributed by atoms with Gasteiger partial charge in [0, 0.05) is 0 Å². The summed E-state index contributed by atoms with van der Waals surface area (Å²) in [5, 5.41) is 31.6. The van der Waals surface area contributed by atoms with E-state index in [4.69, 9.17) is 31.9 Å². The Morgan fingerprint density at radius 3 is 1.04 bits per heavy atom. The van der Waals surface area contributed by atoms with Crippen LogP contribution in [0.1, 0.15) is 51.4 Å². The zero-order valence-electron chi connectivity index (χ0n) is 15.7. The number of hydrogen-bond acceptors (Lipinski definition) is 6. The van der Waals surface area contributed by atoms with E-state index >= 15 is 0 Å². The molecular formula is C17H36Cl2N2O6. The van der Waals surface area contributed by atoms with Gasteiger partial charge < -0.3 is 31.9 Å². The van der Waals surface area contributed by atoms with Gasteiger partial charge in [-0.25, -0.2) is 0 Å². The molecule has 0 aromatic rings. The molecular weight excluding hydrogens is 399 g/mol. The fourth-order valence-electron chi connectivity index (χ4n) is 3.29. The third-order valence-electron chi connectivity index (χ3n) is 5.06. The van der Waals surface area contributed by atoms with Gasteiger partial charge in [-0.1, -0.05) is 0 Å². The number of carbonyl (C=O) groups is 2. The maximum atomic E-state index is 10.5. The van der Waals surface area contributed by atoms with E-state index in [-0.39, 0.29) is 36.6 Å². The van der Waals surface area contributed by atoms with Crippen molar-refractivity contribution in [2.45, 2.75) is 51.4 Å². The predicted octanol–water partition coefficient (Wildman–Crippen LogP) is 1.44. The summed E-state index contributed by atoms with van der Waals surface area (Å²) >= 11 is 0. The Bertz CT molecular complexity index is 340. The van der Waals surface area contributed by atoms with Crippen LogP contribution in [0.4, 0.5) is 0 Å². The van der Waals surface area contributed by atoms with Crippen LogP contribution >= 0.6 is 24.8 Å². The van der Waals surface area contributed by atoms with E-state index < -0.39 is 18.7 Å². The maximum Gasteiger partial charge on any atom is 0.306 e. The van der Waals surface area contributed by atoms with Gasteiger partial charge in [0.2, 0.25) is 0 Å². The molecule has 0 radical (unpaired) electrons. The first-order chi connectivity index (χ1) is 11.9. The summed E-state index contributed by atoms with van der Waals surface area (Å²) in [6, 6.07) is 0. The van der Waals surface area contributed by atoms with Crippen LogP contribution in [0.2, 0.25) is 0 Å². The molecule has 2 rings (SSSR count). The van der Waals surface area contributed by atoms with Crippen LogP contribution < -0.4 is 11.5 Å². The summed E-state index contributed by atoms with van der Waals surface area (Å²) in [6.07, 6.45) is 7.24. The monoisotopic (exact) mass is 434 g/mol. The Balaban J connectivity index is -0.000000350. The molecule has 0 spiro atoms. The van der Waals surface area contributed by atoms with Crippen LogP contribution in [0.3, 0.4) is 0 Å². The van der Waals surface area contributed by atoms with Gasteiger partial charge in [0.1, 0.15) is 6.79 Å². The molecule has 0 bridgehead atoms. The lowest BCUT2D eigenvalue weighted by Gasteiger charge is -2.24. The maximum absolute atomic E-state index is 10.5. The minimum atomic E-state index is -0.750. The first kappa shape index (κ1) is 31.1. The van der Waals surface area contributed by atoms with Gasteiger partial charge in [-0.15, -0.1) is 24.8 Å². The number of hydrogen-bond donors (Lipinski definition) is 6. The molecule has 2 aliphatic carbocycles. The molecule has 2 saturated carbocycles. The van der Waals surface area contributed by atoms with Gasteiger partial charge in [0.15, 0.2) is 0 Å². The van der Waals surface area contributed by atoms with Gasteiger partial charge >= 0.3 is 11.9 Å². The van der Waals surface area contributed by atoms with Crippen LogP contribution in [0, 0.1) is 23.7 Å². The highest BCUT2D eigenvalue weighted by molar-refractivity contribution is 5.85. The number of aliphatic hydroxyl groups excluding tert-OH is 1. The van der Waals surface area contributed by atoms with Gasteiger partial charge in [0.25, 0.3) is 0 Å². The van der Waals surface area contributed by atoms with Crippen molar-refractivity contribution in [2.75, 3.05) is 19.9 Å². The Hall–Kier alpha value is -0.640. The summed E-state index contributed by atoms with van der Waals surface area (Å²) < 4.78 is 0. The van der Waals surface area contributed by atoms with Crippen molar-refractivity contribution in [3.8, 4) is 0 Å². The van der Waals surface area contributed by atoms with E-state index in [2.05, 4.69) is 0 Å². The molecule has 27 heavy (non-hydrogen) atoms. The van der Waals surface area contributed by atoms with E-state index in [1.165, 1.54) is 0 Å². The van der Waals surface area contributed by atoms with Crippen LogP contribution in [0.5, 0.6) is 0 Å². The van der Waals surface area contributed by atoms with Crippen molar-refractivity contribution in [2.24, 2.45) is 35.1 Å². The zero-order valence-corrected chi connectivity index (χ0v) is 17.3. The molecule has 164 valence electrons. The molecule has 2 fully saturated rings. The van der Waals surface area contributed by atoms with Gasteiger partial charge in [0.05, 0.1) is 11.8 Å². The second kappa shape index (κ2) is 18.7. The molecule has 0 atom stereocenters. The first-order valence-electron chi connectivity index (χ1n) is 8.96. The van der Waals surface area contributed by atoms with Gasteiger partial charge in [-0.3, -0.25) is 9.59 Å². The molecule has 0 unspecified atom stereocenters. The van der Waals surface area contributed by atoms with E-state index in [0.717, 1.165) is 51.4 Å². The second-order valence-corrected chi connectivity index (χ2v) is 6.72. The molecule has 0 aliphatic heterocycles. The normalized spacial score (nSPS) is 26.5. The van der Waals surface area contributed by atoms with Crippen molar-refractivity contribution in [3.05, 3.63) is 0 Å². The Kier molecular flexibility index (Phi) is 21.5. The third-order valence-corrected chi connectivity index (χ3v) is 5.06. The highest BCUT2D eigenvalue weighted by Crippen LogP contribution is 2.28. The minimum absolute atomic E-state index is 0. The van der Waals surface area contributed by atoms with Gasteiger partial charge in [-0.05, 0) is 76.3 Å². The summed E-state index contributed by atoms with van der Waals surface area (Å²) in [4.78, 5) is 21.0. The quantitative estimate of drug-likeness (QED) is 0.361. The first-order valence-corrected chi connectivity index (χ1v) is 8.96. The van der Waals surface area contributed by atoms with Crippen molar-refractivity contribution < 1.29 is 30.0 Å². The summed E-state index contributed by atoms with van der Waals surface area (Å²) in [7, 11) is 0. The highest BCUT2D eigenvalue weighted by Gasteiger charge is 2.25. The van der Waals surface area contributed by atoms with Crippen molar-refractivity contribution in [1.29, 1.82) is 0 Å². The van der Waals surface area contributed by atoms with E-state index in [9.17, 15) is 9.59 Å².